The van der Waals surface area contributed by atoms with Crippen molar-refractivity contribution in [1.82, 2.24) is 14.9 Å². The first kappa shape index (κ1) is 17.5. The molecule has 0 spiro atoms. The summed E-state index contributed by atoms with van der Waals surface area (Å²) in [5.74, 6) is 0.730. The Labute approximate surface area is 151 Å². The van der Waals surface area contributed by atoms with Gasteiger partial charge in [0.2, 0.25) is 0 Å². The maximum absolute atomic E-state index is 12.3. The highest BCUT2D eigenvalue weighted by molar-refractivity contribution is 6.33. The molecule has 1 aromatic carbocycles. The topological polar surface area (TPSA) is 49.0 Å². The van der Waals surface area contributed by atoms with Crippen LogP contribution in [0.5, 0.6) is 0 Å². The van der Waals surface area contributed by atoms with Crippen LogP contribution in [-0.4, -0.2) is 21.4 Å². The molecule has 2 aromatic rings. The third kappa shape index (κ3) is 3.66. The molecule has 2 heterocycles. The number of nitrogens with zero attached hydrogens (tertiary/aromatic N) is 2. The zero-order valence-electron chi connectivity index (χ0n) is 14.1. The number of hydrogen-bond donors (Lipinski definition) is 1. The van der Waals surface area contributed by atoms with Gasteiger partial charge < -0.3 is 4.98 Å². The Morgan fingerprint density at radius 2 is 2.04 bits per heavy atom. The fraction of sp³-hybridized carbons (Fsp3) is 0.444. The lowest BCUT2D eigenvalue weighted by molar-refractivity contribution is 0.239. The van der Waals surface area contributed by atoms with E-state index in [9.17, 15) is 4.79 Å². The monoisotopic (exact) mass is 365 g/mol. The van der Waals surface area contributed by atoms with Crippen LogP contribution < -0.4 is 5.56 Å². The maximum atomic E-state index is 12.3. The number of aromatic amines is 1. The summed E-state index contributed by atoms with van der Waals surface area (Å²) >= 11 is 12.3. The molecule has 0 bridgehead atoms. The molecule has 0 unspecified atom stereocenters. The van der Waals surface area contributed by atoms with E-state index in [2.05, 4.69) is 9.88 Å². The lowest BCUT2D eigenvalue weighted by atomic mass is 9.95. The van der Waals surface area contributed by atoms with Gasteiger partial charge in [-0.05, 0) is 30.2 Å². The number of H-pyrrole nitrogens is 1. The molecule has 3 rings (SSSR count). The number of benzene rings is 1. The minimum atomic E-state index is -0.188. The van der Waals surface area contributed by atoms with E-state index in [1.54, 1.807) is 6.07 Å². The Kier molecular flexibility index (Phi) is 4.73. The van der Waals surface area contributed by atoms with Crippen LogP contribution in [0, 0.1) is 0 Å². The van der Waals surface area contributed by atoms with Crippen molar-refractivity contribution >= 4 is 23.2 Å². The third-order valence-electron chi connectivity index (χ3n) is 4.26. The smallest absolute Gasteiger partial charge is 0.254 e. The molecule has 0 radical (unpaired) electrons. The van der Waals surface area contributed by atoms with Crippen LogP contribution in [0.25, 0.3) is 0 Å². The average molecular weight is 366 g/mol. The average Bonchev–Trinajstić information content (AvgIpc) is 2.49. The molecule has 1 aliphatic rings. The quantitative estimate of drug-likeness (QED) is 0.876. The third-order valence-corrected chi connectivity index (χ3v) is 4.87. The van der Waals surface area contributed by atoms with Gasteiger partial charge in [-0.25, -0.2) is 4.98 Å². The van der Waals surface area contributed by atoms with Gasteiger partial charge in [0.05, 0.1) is 5.69 Å². The summed E-state index contributed by atoms with van der Waals surface area (Å²) in [6, 6.07) is 5.50. The number of aromatic nitrogens is 2. The fourth-order valence-electron chi connectivity index (χ4n) is 2.89. The second-order valence-corrected chi connectivity index (χ2v) is 8.13. The van der Waals surface area contributed by atoms with Crippen molar-refractivity contribution in [2.45, 2.75) is 45.7 Å². The molecular formula is C18H21Cl2N3O. The van der Waals surface area contributed by atoms with Gasteiger partial charge >= 0.3 is 0 Å². The lowest BCUT2D eigenvalue weighted by Crippen LogP contribution is -2.36. The fourth-order valence-corrected chi connectivity index (χ4v) is 3.26. The van der Waals surface area contributed by atoms with E-state index in [0.29, 0.717) is 29.6 Å². The van der Waals surface area contributed by atoms with Crippen molar-refractivity contribution in [3.05, 3.63) is 61.2 Å². The maximum Gasteiger partial charge on any atom is 0.254 e. The number of rotatable bonds is 2. The van der Waals surface area contributed by atoms with Gasteiger partial charge in [-0.15, -0.1) is 0 Å². The molecule has 0 aliphatic carbocycles. The summed E-state index contributed by atoms with van der Waals surface area (Å²) in [7, 11) is 0. The minimum absolute atomic E-state index is 0.00892. The standard InChI is InChI=1S/C18H21Cl2N3O/c1-18(2,3)17-21-15-10-23(7-6-13(15)16(24)22-17)9-11-8-12(19)4-5-14(11)20/h4-5,8H,6-7,9-10H2,1-3H3,(H,21,22,24). The molecule has 0 saturated heterocycles. The molecule has 0 saturated carbocycles. The number of fused-ring (bicyclic) bond motifs is 1. The van der Waals surface area contributed by atoms with Gasteiger partial charge in [0.1, 0.15) is 5.82 Å². The van der Waals surface area contributed by atoms with Gasteiger partial charge in [0.25, 0.3) is 5.56 Å². The van der Waals surface area contributed by atoms with E-state index >= 15 is 0 Å². The molecule has 0 fully saturated rings. The predicted molar refractivity (Wildman–Crippen MR) is 97.8 cm³/mol. The van der Waals surface area contributed by atoms with Crippen molar-refractivity contribution in [2.24, 2.45) is 0 Å². The Bertz CT molecular complexity index is 824. The van der Waals surface area contributed by atoms with E-state index in [4.69, 9.17) is 28.2 Å². The van der Waals surface area contributed by atoms with Crippen LogP contribution in [-0.2, 0) is 24.9 Å². The lowest BCUT2D eigenvalue weighted by Gasteiger charge is -2.29. The first-order valence-electron chi connectivity index (χ1n) is 8.03. The summed E-state index contributed by atoms with van der Waals surface area (Å²) in [6.07, 6.45) is 0.695. The van der Waals surface area contributed by atoms with Gasteiger partial charge in [0.15, 0.2) is 0 Å². The second kappa shape index (κ2) is 6.51. The normalized spacial score (nSPS) is 15.4. The van der Waals surface area contributed by atoms with Crippen LogP contribution in [0.4, 0.5) is 0 Å². The van der Waals surface area contributed by atoms with Crippen molar-refractivity contribution in [2.75, 3.05) is 6.54 Å². The van der Waals surface area contributed by atoms with E-state index in [-0.39, 0.29) is 11.0 Å². The minimum Gasteiger partial charge on any atom is -0.310 e. The van der Waals surface area contributed by atoms with Crippen molar-refractivity contribution in [1.29, 1.82) is 0 Å². The van der Waals surface area contributed by atoms with Crippen LogP contribution in [0.1, 0.15) is 43.4 Å². The molecule has 1 N–H and O–H groups in total. The Hall–Kier alpha value is -1.36. The Morgan fingerprint density at radius 3 is 2.75 bits per heavy atom. The highest BCUT2D eigenvalue weighted by Gasteiger charge is 2.25. The summed E-state index contributed by atoms with van der Waals surface area (Å²) < 4.78 is 0. The molecule has 0 atom stereocenters. The van der Waals surface area contributed by atoms with Gasteiger partial charge in [-0.2, -0.15) is 0 Å². The first-order valence-corrected chi connectivity index (χ1v) is 8.78. The molecule has 24 heavy (non-hydrogen) atoms. The van der Waals surface area contributed by atoms with Crippen LogP contribution >= 0.6 is 23.2 Å². The molecular weight excluding hydrogens is 345 g/mol. The van der Waals surface area contributed by atoms with E-state index in [1.807, 2.05) is 32.9 Å². The van der Waals surface area contributed by atoms with E-state index in [0.717, 1.165) is 29.2 Å². The van der Waals surface area contributed by atoms with Crippen molar-refractivity contribution in [3.63, 3.8) is 0 Å². The zero-order chi connectivity index (χ0) is 17.5. The predicted octanol–water partition coefficient (Wildman–Crippen LogP) is 3.93. The number of hydrogen-bond acceptors (Lipinski definition) is 3. The van der Waals surface area contributed by atoms with E-state index in [1.165, 1.54) is 0 Å². The van der Waals surface area contributed by atoms with Gasteiger partial charge in [-0.1, -0.05) is 44.0 Å². The van der Waals surface area contributed by atoms with Crippen LogP contribution in [0.15, 0.2) is 23.0 Å². The second-order valence-electron chi connectivity index (χ2n) is 7.29. The molecule has 0 amide bonds. The molecule has 1 aromatic heterocycles. The highest BCUT2D eigenvalue weighted by Crippen LogP contribution is 2.25. The molecule has 4 nitrogen and oxygen atoms in total. The summed E-state index contributed by atoms with van der Waals surface area (Å²) in [4.78, 5) is 22.2. The van der Waals surface area contributed by atoms with Crippen LogP contribution in [0.2, 0.25) is 10.0 Å². The SMILES string of the molecule is CC(C)(C)c1nc2c(c(=O)[nH]1)CCN(Cc1cc(Cl)ccc1Cl)C2. The molecule has 128 valence electrons. The summed E-state index contributed by atoms with van der Waals surface area (Å²) in [6.45, 7) is 8.27. The molecule has 6 heteroatoms. The Balaban J connectivity index is 1.87. The van der Waals surface area contributed by atoms with Gasteiger partial charge in [-0.3, -0.25) is 9.69 Å². The summed E-state index contributed by atoms with van der Waals surface area (Å²) in [5.41, 5.74) is 2.47. The largest absolute Gasteiger partial charge is 0.310 e. The van der Waals surface area contributed by atoms with Crippen molar-refractivity contribution in [3.8, 4) is 0 Å². The number of nitrogens with one attached hydrogen (secondary N) is 1. The Morgan fingerprint density at radius 1 is 1.29 bits per heavy atom. The number of halogens is 2. The zero-order valence-corrected chi connectivity index (χ0v) is 15.6. The molecule has 1 aliphatic heterocycles. The first-order chi connectivity index (χ1) is 11.2. The van der Waals surface area contributed by atoms with E-state index < -0.39 is 0 Å². The van der Waals surface area contributed by atoms with Gasteiger partial charge in [0, 0.05) is 40.7 Å². The highest BCUT2D eigenvalue weighted by atomic mass is 35.5. The van der Waals surface area contributed by atoms with Crippen LogP contribution in [0.3, 0.4) is 0 Å². The van der Waals surface area contributed by atoms with Crippen molar-refractivity contribution < 1.29 is 0 Å². The summed E-state index contributed by atoms with van der Waals surface area (Å²) in [5, 5.41) is 1.39.